The number of hydrogen-bond acceptors (Lipinski definition) is 4. The third-order valence-electron chi connectivity index (χ3n) is 2.92. The number of nitrogens with one attached hydrogen (secondary N) is 1. The van der Waals surface area contributed by atoms with E-state index in [0.29, 0.717) is 6.61 Å². The van der Waals surface area contributed by atoms with Crippen LogP contribution in [0.2, 0.25) is 0 Å². The highest BCUT2D eigenvalue weighted by atomic mass is 32.1. The van der Waals surface area contributed by atoms with Gasteiger partial charge in [0.1, 0.15) is 23.3 Å². The van der Waals surface area contributed by atoms with E-state index >= 15 is 0 Å². The van der Waals surface area contributed by atoms with Gasteiger partial charge in [-0.1, -0.05) is 17.7 Å². The Morgan fingerprint density at radius 3 is 2.65 bits per heavy atom. The summed E-state index contributed by atoms with van der Waals surface area (Å²) in [4.78, 5) is 1.93. The Morgan fingerprint density at radius 1 is 1.25 bits per heavy atom. The molecule has 104 valence electrons. The first-order chi connectivity index (χ1) is 9.67. The first-order valence-corrected chi connectivity index (χ1v) is 7.40. The molecule has 1 unspecified atom stereocenters. The van der Waals surface area contributed by atoms with Crippen LogP contribution in [0.4, 0.5) is 0 Å². The van der Waals surface area contributed by atoms with Crippen molar-refractivity contribution in [2.75, 3.05) is 6.61 Å². The summed E-state index contributed by atoms with van der Waals surface area (Å²) < 4.78 is 5.73. The lowest BCUT2D eigenvalue weighted by molar-refractivity contribution is 0.273. The molecule has 0 aliphatic rings. The van der Waals surface area contributed by atoms with E-state index in [-0.39, 0.29) is 6.04 Å². The number of thiophene rings is 1. The number of nitrogens with zero attached hydrogens (tertiary/aromatic N) is 1. The Morgan fingerprint density at radius 2 is 2.00 bits per heavy atom. The van der Waals surface area contributed by atoms with E-state index in [2.05, 4.69) is 25.2 Å². The van der Waals surface area contributed by atoms with Gasteiger partial charge in [0, 0.05) is 17.5 Å². The van der Waals surface area contributed by atoms with E-state index < -0.39 is 0 Å². The molecule has 0 aliphatic carbocycles. The second-order valence-electron chi connectivity index (χ2n) is 4.78. The molecule has 1 aromatic heterocycles. The van der Waals surface area contributed by atoms with Crippen molar-refractivity contribution in [3.05, 3.63) is 51.7 Å². The smallest absolute Gasteiger partial charge is 0.119 e. The maximum atomic E-state index is 8.78. The Bertz CT molecular complexity index is 583. The molecule has 0 saturated heterocycles. The Balaban J connectivity index is 1.74. The van der Waals surface area contributed by atoms with Crippen molar-refractivity contribution >= 4 is 11.3 Å². The molecule has 1 heterocycles. The molecule has 1 N–H and O–H groups in total. The fourth-order valence-corrected chi connectivity index (χ4v) is 2.48. The van der Waals surface area contributed by atoms with Crippen LogP contribution in [-0.2, 0) is 6.54 Å². The highest BCUT2D eigenvalue weighted by Crippen LogP contribution is 2.15. The highest BCUT2D eigenvalue weighted by molar-refractivity contribution is 7.12. The van der Waals surface area contributed by atoms with Crippen LogP contribution in [0.1, 0.15) is 22.2 Å². The van der Waals surface area contributed by atoms with E-state index in [4.69, 9.17) is 10.00 Å². The summed E-state index contributed by atoms with van der Waals surface area (Å²) in [5.74, 6) is 0.896. The molecular weight excluding hydrogens is 268 g/mol. The second kappa shape index (κ2) is 7.09. The Kier molecular flexibility index (Phi) is 5.16. The van der Waals surface area contributed by atoms with E-state index in [1.54, 1.807) is 0 Å². The van der Waals surface area contributed by atoms with Crippen LogP contribution in [0.3, 0.4) is 0 Å². The number of aryl methyl sites for hydroxylation is 1. The average molecular weight is 286 g/mol. The number of nitriles is 1. The molecule has 0 bridgehead atoms. The van der Waals surface area contributed by atoms with Gasteiger partial charge >= 0.3 is 0 Å². The molecule has 0 aliphatic heterocycles. The minimum absolute atomic E-state index is 0.254. The Labute approximate surface area is 123 Å². The van der Waals surface area contributed by atoms with Gasteiger partial charge < -0.3 is 10.1 Å². The minimum atomic E-state index is 0.254. The van der Waals surface area contributed by atoms with E-state index in [1.165, 1.54) is 21.8 Å². The van der Waals surface area contributed by atoms with Gasteiger partial charge in [-0.25, -0.2) is 0 Å². The van der Waals surface area contributed by atoms with Gasteiger partial charge in [-0.2, -0.15) is 5.26 Å². The lowest BCUT2D eigenvalue weighted by Gasteiger charge is -2.14. The summed E-state index contributed by atoms with van der Waals surface area (Å²) in [5.41, 5.74) is 1.23. The fourth-order valence-electron chi connectivity index (χ4n) is 1.72. The maximum Gasteiger partial charge on any atom is 0.119 e. The molecule has 0 saturated carbocycles. The van der Waals surface area contributed by atoms with Gasteiger partial charge in [0.05, 0.1) is 0 Å². The SMILES string of the molecule is Cc1ccc(OCC(C)NCc2ccc(C#N)s2)cc1. The summed E-state index contributed by atoms with van der Waals surface area (Å²) in [5, 5.41) is 12.2. The summed E-state index contributed by atoms with van der Waals surface area (Å²) in [6, 6.07) is 14.3. The first kappa shape index (κ1) is 14.6. The topological polar surface area (TPSA) is 45.0 Å². The van der Waals surface area contributed by atoms with Gasteiger partial charge in [0.2, 0.25) is 0 Å². The molecule has 4 heteroatoms. The van der Waals surface area contributed by atoms with Crippen molar-refractivity contribution in [1.29, 1.82) is 5.26 Å². The van der Waals surface area contributed by atoms with E-state index in [1.807, 2.05) is 36.4 Å². The molecule has 0 radical (unpaired) electrons. The van der Waals surface area contributed by atoms with E-state index in [0.717, 1.165) is 17.2 Å². The number of benzene rings is 1. The summed E-state index contributed by atoms with van der Waals surface area (Å²) in [6.45, 7) is 5.54. The van der Waals surface area contributed by atoms with Gasteiger partial charge in [0.15, 0.2) is 0 Å². The zero-order valence-electron chi connectivity index (χ0n) is 11.7. The third kappa shape index (κ3) is 4.37. The van der Waals surface area contributed by atoms with Crippen molar-refractivity contribution in [2.45, 2.75) is 26.4 Å². The first-order valence-electron chi connectivity index (χ1n) is 6.59. The Hall–Kier alpha value is -1.83. The summed E-state index contributed by atoms with van der Waals surface area (Å²) in [6.07, 6.45) is 0. The predicted octanol–water partition coefficient (Wildman–Crippen LogP) is 3.49. The zero-order chi connectivity index (χ0) is 14.4. The van der Waals surface area contributed by atoms with Crippen LogP contribution < -0.4 is 10.1 Å². The predicted molar refractivity (Wildman–Crippen MR) is 82.0 cm³/mol. The molecule has 0 amide bonds. The van der Waals surface area contributed by atoms with Gasteiger partial charge in [-0.3, -0.25) is 0 Å². The van der Waals surface area contributed by atoms with Crippen molar-refractivity contribution in [2.24, 2.45) is 0 Å². The molecular formula is C16H18N2OS. The molecule has 20 heavy (non-hydrogen) atoms. The molecule has 2 aromatic rings. The van der Waals surface area contributed by atoms with Gasteiger partial charge in [-0.15, -0.1) is 11.3 Å². The van der Waals surface area contributed by atoms with Gasteiger partial charge in [-0.05, 0) is 38.1 Å². The minimum Gasteiger partial charge on any atom is -0.492 e. The van der Waals surface area contributed by atoms with Crippen LogP contribution in [0, 0.1) is 18.3 Å². The zero-order valence-corrected chi connectivity index (χ0v) is 12.5. The molecule has 1 aromatic carbocycles. The standard InChI is InChI=1S/C16H18N2OS/c1-12-3-5-14(6-4-12)19-11-13(2)18-10-16-8-7-15(9-17)20-16/h3-8,13,18H,10-11H2,1-2H3. The van der Waals surface area contributed by atoms with Crippen molar-refractivity contribution < 1.29 is 4.74 Å². The molecule has 1 atom stereocenters. The molecule has 3 nitrogen and oxygen atoms in total. The van der Waals surface area contributed by atoms with Crippen LogP contribution in [0.5, 0.6) is 5.75 Å². The third-order valence-corrected chi connectivity index (χ3v) is 3.91. The van der Waals surface area contributed by atoms with Crippen molar-refractivity contribution in [1.82, 2.24) is 5.32 Å². The van der Waals surface area contributed by atoms with Crippen molar-refractivity contribution in [3.8, 4) is 11.8 Å². The second-order valence-corrected chi connectivity index (χ2v) is 5.95. The van der Waals surface area contributed by atoms with Gasteiger partial charge in [0.25, 0.3) is 0 Å². The maximum absolute atomic E-state index is 8.78. The number of rotatable bonds is 6. The summed E-state index contributed by atoms with van der Waals surface area (Å²) in [7, 11) is 0. The fraction of sp³-hybridized carbons (Fsp3) is 0.312. The highest BCUT2D eigenvalue weighted by Gasteiger charge is 2.04. The number of ether oxygens (including phenoxy) is 1. The number of hydrogen-bond donors (Lipinski definition) is 1. The van der Waals surface area contributed by atoms with Crippen LogP contribution in [0.15, 0.2) is 36.4 Å². The molecule has 2 rings (SSSR count). The van der Waals surface area contributed by atoms with E-state index in [9.17, 15) is 0 Å². The molecule has 0 fully saturated rings. The summed E-state index contributed by atoms with van der Waals surface area (Å²) >= 11 is 1.53. The van der Waals surface area contributed by atoms with Crippen LogP contribution in [-0.4, -0.2) is 12.6 Å². The lowest BCUT2D eigenvalue weighted by atomic mass is 10.2. The largest absolute Gasteiger partial charge is 0.492 e. The quantitative estimate of drug-likeness (QED) is 0.884. The van der Waals surface area contributed by atoms with Crippen LogP contribution >= 0.6 is 11.3 Å². The average Bonchev–Trinajstić information content (AvgIpc) is 2.92. The normalized spacial score (nSPS) is 11.8. The monoisotopic (exact) mass is 286 g/mol. The van der Waals surface area contributed by atoms with Crippen molar-refractivity contribution in [3.63, 3.8) is 0 Å². The lowest BCUT2D eigenvalue weighted by Crippen LogP contribution is -2.31. The van der Waals surface area contributed by atoms with Crippen LogP contribution in [0.25, 0.3) is 0 Å². The molecule has 0 spiro atoms.